The number of benzene rings is 1. The Hall–Kier alpha value is -1.91. The van der Waals surface area contributed by atoms with Gasteiger partial charge < -0.3 is 10.2 Å². The number of carbonyl (C=O) groups excluding carboxylic acids is 2. The minimum atomic E-state index is -0.468. The van der Waals surface area contributed by atoms with Gasteiger partial charge >= 0.3 is 0 Å². The van der Waals surface area contributed by atoms with E-state index >= 15 is 0 Å². The maximum absolute atomic E-state index is 13.7. The van der Waals surface area contributed by atoms with Crippen LogP contribution in [0.15, 0.2) is 18.2 Å². The molecule has 1 aliphatic heterocycles. The van der Waals surface area contributed by atoms with Crippen LogP contribution in [-0.2, 0) is 4.79 Å². The standard InChI is InChI=1S/C12H13FN2O2/c13-10-6-9(8-16)2-3-11(10)15-5-1-4-14-12(17)7-15/h2-3,6,8H,1,4-5,7H2,(H,14,17). The quantitative estimate of drug-likeness (QED) is 0.778. The topological polar surface area (TPSA) is 49.4 Å². The third-order valence-corrected chi connectivity index (χ3v) is 2.71. The number of hydrogen-bond acceptors (Lipinski definition) is 3. The van der Waals surface area contributed by atoms with Crippen LogP contribution >= 0.6 is 0 Å². The first-order valence-electron chi connectivity index (χ1n) is 5.47. The maximum Gasteiger partial charge on any atom is 0.239 e. The summed E-state index contributed by atoms with van der Waals surface area (Å²) in [7, 11) is 0. The van der Waals surface area contributed by atoms with Crippen molar-refractivity contribution in [2.75, 3.05) is 24.5 Å². The second-order valence-electron chi connectivity index (χ2n) is 3.95. The Kier molecular flexibility index (Phi) is 3.37. The molecule has 0 radical (unpaired) electrons. The van der Waals surface area contributed by atoms with Gasteiger partial charge in [0, 0.05) is 18.7 Å². The number of nitrogens with one attached hydrogen (secondary N) is 1. The van der Waals surface area contributed by atoms with E-state index in [9.17, 15) is 14.0 Å². The molecule has 0 bridgehead atoms. The fourth-order valence-corrected chi connectivity index (χ4v) is 1.86. The average Bonchev–Trinajstić information content (AvgIpc) is 2.53. The number of anilines is 1. The van der Waals surface area contributed by atoms with Crippen LogP contribution in [0.5, 0.6) is 0 Å². The third-order valence-electron chi connectivity index (χ3n) is 2.71. The molecule has 0 aromatic heterocycles. The second-order valence-corrected chi connectivity index (χ2v) is 3.95. The van der Waals surface area contributed by atoms with Gasteiger partial charge in [0.25, 0.3) is 0 Å². The van der Waals surface area contributed by atoms with Gasteiger partial charge in [0.05, 0.1) is 12.2 Å². The second kappa shape index (κ2) is 4.95. The molecule has 17 heavy (non-hydrogen) atoms. The zero-order valence-electron chi connectivity index (χ0n) is 9.28. The number of amides is 1. The van der Waals surface area contributed by atoms with Crippen molar-refractivity contribution in [2.24, 2.45) is 0 Å². The van der Waals surface area contributed by atoms with E-state index in [0.29, 0.717) is 30.6 Å². The predicted molar refractivity (Wildman–Crippen MR) is 61.6 cm³/mol. The summed E-state index contributed by atoms with van der Waals surface area (Å²) in [6, 6.07) is 4.27. The molecule has 0 spiro atoms. The van der Waals surface area contributed by atoms with Gasteiger partial charge in [-0.15, -0.1) is 0 Å². The van der Waals surface area contributed by atoms with Crippen molar-refractivity contribution < 1.29 is 14.0 Å². The maximum atomic E-state index is 13.7. The molecule has 1 N–H and O–H groups in total. The highest BCUT2D eigenvalue weighted by Gasteiger charge is 2.17. The Bertz CT molecular complexity index is 448. The summed E-state index contributed by atoms with van der Waals surface area (Å²) < 4.78 is 13.7. The number of carbonyl (C=O) groups is 2. The van der Waals surface area contributed by atoms with E-state index in [1.165, 1.54) is 12.1 Å². The molecule has 1 amide bonds. The normalized spacial score (nSPS) is 16.3. The molecule has 0 aliphatic carbocycles. The number of halogens is 1. The molecule has 2 rings (SSSR count). The average molecular weight is 236 g/mol. The molecule has 0 atom stereocenters. The van der Waals surface area contributed by atoms with E-state index in [1.54, 1.807) is 11.0 Å². The fourth-order valence-electron chi connectivity index (χ4n) is 1.86. The van der Waals surface area contributed by atoms with Crippen LogP contribution in [0.4, 0.5) is 10.1 Å². The van der Waals surface area contributed by atoms with Crippen molar-refractivity contribution in [3.63, 3.8) is 0 Å². The first-order valence-corrected chi connectivity index (χ1v) is 5.47. The van der Waals surface area contributed by atoms with Gasteiger partial charge in [0.2, 0.25) is 5.91 Å². The van der Waals surface area contributed by atoms with Crippen molar-refractivity contribution in [3.05, 3.63) is 29.6 Å². The van der Waals surface area contributed by atoms with Crippen molar-refractivity contribution in [2.45, 2.75) is 6.42 Å². The van der Waals surface area contributed by atoms with E-state index in [1.807, 2.05) is 0 Å². The molecule has 90 valence electrons. The lowest BCUT2D eigenvalue weighted by Crippen LogP contribution is -2.33. The van der Waals surface area contributed by atoms with Gasteiger partial charge in [-0.25, -0.2) is 4.39 Å². The minimum Gasteiger partial charge on any atom is -0.360 e. The van der Waals surface area contributed by atoms with Gasteiger partial charge in [-0.3, -0.25) is 9.59 Å². The van der Waals surface area contributed by atoms with Gasteiger partial charge in [-0.05, 0) is 24.6 Å². The summed E-state index contributed by atoms with van der Waals surface area (Å²) in [5.74, 6) is -0.578. The molecule has 1 aromatic rings. The van der Waals surface area contributed by atoms with Gasteiger partial charge in [0.1, 0.15) is 12.1 Å². The van der Waals surface area contributed by atoms with Crippen molar-refractivity contribution in [3.8, 4) is 0 Å². The monoisotopic (exact) mass is 236 g/mol. The van der Waals surface area contributed by atoms with Crippen molar-refractivity contribution in [1.29, 1.82) is 0 Å². The van der Waals surface area contributed by atoms with Crippen LogP contribution in [0.2, 0.25) is 0 Å². The zero-order valence-corrected chi connectivity index (χ0v) is 9.28. The lowest BCUT2D eigenvalue weighted by molar-refractivity contribution is -0.119. The first kappa shape index (κ1) is 11.6. The lowest BCUT2D eigenvalue weighted by atomic mass is 10.2. The van der Waals surface area contributed by atoms with Crippen LogP contribution in [-0.4, -0.2) is 31.8 Å². The van der Waals surface area contributed by atoms with Crippen LogP contribution in [0, 0.1) is 5.82 Å². The molecule has 1 saturated heterocycles. The summed E-state index contributed by atoms with van der Waals surface area (Å²) in [5, 5.41) is 2.73. The Balaban J connectivity index is 2.26. The summed E-state index contributed by atoms with van der Waals surface area (Å²) in [6.07, 6.45) is 1.38. The summed E-state index contributed by atoms with van der Waals surface area (Å²) >= 11 is 0. The van der Waals surface area contributed by atoms with Crippen molar-refractivity contribution >= 4 is 17.9 Å². The molecule has 1 fully saturated rings. The van der Waals surface area contributed by atoms with E-state index < -0.39 is 5.82 Å². The highest BCUT2D eigenvalue weighted by atomic mass is 19.1. The molecule has 1 aliphatic rings. The minimum absolute atomic E-state index is 0.110. The fraction of sp³-hybridized carbons (Fsp3) is 0.333. The molecule has 0 saturated carbocycles. The Morgan fingerprint density at radius 3 is 2.94 bits per heavy atom. The molecule has 1 heterocycles. The molecule has 5 heteroatoms. The van der Waals surface area contributed by atoms with Gasteiger partial charge in [-0.1, -0.05) is 0 Å². The lowest BCUT2D eigenvalue weighted by Gasteiger charge is -2.21. The summed E-state index contributed by atoms with van der Waals surface area (Å²) in [6.45, 7) is 1.39. The van der Waals surface area contributed by atoms with E-state index in [4.69, 9.17) is 0 Å². The van der Waals surface area contributed by atoms with Crippen LogP contribution < -0.4 is 10.2 Å². The largest absolute Gasteiger partial charge is 0.360 e. The Morgan fingerprint density at radius 2 is 2.24 bits per heavy atom. The molecular formula is C12H13FN2O2. The molecular weight excluding hydrogens is 223 g/mol. The summed E-state index contributed by atoms with van der Waals surface area (Å²) in [4.78, 5) is 23.6. The van der Waals surface area contributed by atoms with Crippen LogP contribution in [0.3, 0.4) is 0 Å². The number of aldehydes is 1. The van der Waals surface area contributed by atoms with E-state index in [2.05, 4.69) is 5.32 Å². The highest BCUT2D eigenvalue weighted by molar-refractivity contribution is 5.82. The SMILES string of the molecule is O=Cc1ccc(N2CCCNC(=O)C2)c(F)c1. The van der Waals surface area contributed by atoms with Crippen LogP contribution in [0.25, 0.3) is 0 Å². The Morgan fingerprint density at radius 1 is 1.41 bits per heavy atom. The van der Waals surface area contributed by atoms with Crippen molar-refractivity contribution in [1.82, 2.24) is 5.32 Å². The smallest absolute Gasteiger partial charge is 0.239 e. The number of rotatable bonds is 2. The Labute approximate surface area is 98.4 Å². The third kappa shape index (κ3) is 2.61. The van der Waals surface area contributed by atoms with Gasteiger partial charge in [0.15, 0.2) is 0 Å². The highest BCUT2D eigenvalue weighted by Crippen LogP contribution is 2.20. The molecule has 0 unspecified atom stereocenters. The predicted octanol–water partition coefficient (Wildman–Crippen LogP) is 0.964. The van der Waals surface area contributed by atoms with Crippen LogP contribution in [0.1, 0.15) is 16.8 Å². The first-order chi connectivity index (χ1) is 8.20. The van der Waals surface area contributed by atoms with E-state index in [0.717, 1.165) is 6.42 Å². The zero-order chi connectivity index (χ0) is 12.3. The molecule has 1 aromatic carbocycles. The van der Waals surface area contributed by atoms with Gasteiger partial charge in [-0.2, -0.15) is 0 Å². The van der Waals surface area contributed by atoms with E-state index in [-0.39, 0.29) is 12.5 Å². The number of hydrogen-bond donors (Lipinski definition) is 1. The molecule has 4 nitrogen and oxygen atoms in total. The summed E-state index contributed by atoms with van der Waals surface area (Å²) in [5.41, 5.74) is 0.665. The number of nitrogens with zero attached hydrogens (tertiary/aromatic N) is 1.